The molecule has 0 spiro atoms. The summed E-state index contributed by atoms with van der Waals surface area (Å²) in [4.78, 5) is 16.8. The normalized spacial score (nSPS) is 19.5. The molecule has 0 bridgehead atoms. The number of benzene rings is 1. The predicted molar refractivity (Wildman–Crippen MR) is 107 cm³/mol. The molecule has 0 saturated carbocycles. The van der Waals surface area contributed by atoms with Gasteiger partial charge in [-0.1, -0.05) is 43.7 Å². The van der Waals surface area contributed by atoms with Gasteiger partial charge in [0.1, 0.15) is 0 Å². The van der Waals surface area contributed by atoms with Crippen LogP contribution in [0.5, 0.6) is 0 Å². The highest BCUT2D eigenvalue weighted by Gasteiger charge is 2.30. The van der Waals surface area contributed by atoms with Gasteiger partial charge < -0.3 is 15.3 Å². The van der Waals surface area contributed by atoms with Gasteiger partial charge in [-0.2, -0.15) is 0 Å². The minimum absolute atomic E-state index is 0.0000506. The topological polar surface area (TPSA) is 55.8 Å². The summed E-state index contributed by atoms with van der Waals surface area (Å²) in [6.45, 7) is 15.6. The third kappa shape index (κ3) is 5.71. The molecule has 1 aliphatic rings. The van der Waals surface area contributed by atoms with Crippen LogP contribution in [-0.2, 0) is 5.41 Å². The van der Waals surface area contributed by atoms with Crippen LogP contribution in [0.25, 0.3) is 0 Å². The van der Waals surface area contributed by atoms with Gasteiger partial charge in [-0.05, 0) is 33.3 Å². The molecule has 1 aromatic rings. The highest BCUT2D eigenvalue weighted by molar-refractivity contribution is 5.74. The fourth-order valence-corrected chi connectivity index (χ4v) is 3.43. The molecule has 0 radical (unpaired) electrons. The van der Waals surface area contributed by atoms with Gasteiger partial charge >= 0.3 is 6.03 Å². The van der Waals surface area contributed by atoms with E-state index in [4.69, 9.17) is 0 Å². The Kier molecular flexibility index (Phi) is 6.35. The van der Waals surface area contributed by atoms with E-state index in [-0.39, 0.29) is 17.5 Å². The third-order valence-electron chi connectivity index (χ3n) is 5.16. The van der Waals surface area contributed by atoms with Crippen molar-refractivity contribution in [2.24, 2.45) is 0 Å². The molecule has 26 heavy (non-hydrogen) atoms. The Hall–Kier alpha value is -1.59. The molecule has 0 aromatic heterocycles. The van der Waals surface area contributed by atoms with E-state index in [1.807, 2.05) is 18.7 Å². The third-order valence-corrected chi connectivity index (χ3v) is 5.16. The number of carbonyl (C=O) groups excluding carboxylic acids is 1. The van der Waals surface area contributed by atoms with Crippen molar-refractivity contribution in [2.45, 2.75) is 58.6 Å². The first-order valence-electron chi connectivity index (χ1n) is 9.54. The minimum Gasteiger partial charge on any atom is -0.389 e. The Bertz CT molecular complexity index is 605. The molecule has 1 heterocycles. The minimum atomic E-state index is -0.712. The first kappa shape index (κ1) is 20.7. The number of urea groups is 1. The second-order valence-corrected chi connectivity index (χ2v) is 8.99. The summed E-state index contributed by atoms with van der Waals surface area (Å²) < 4.78 is 0. The number of rotatable bonds is 5. The number of nitrogens with one attached hydrogen (secondary N) is 1. The van der Waals surface area contributed by atoms with Crippen LogP contribution < -0.4 is 5.32 Å². The number of hydrogen-bond donors (Lipinski definition) is 2. The highest BCUT2D eigenvalue weighted by Crippen LogP contribution is 2.23. The average Bonchev–Trinajstić information content (AvgIpc) is 2.54. The van der Waals surface area contributed by atoms with Gasteiger partial charge in [-0.15, -0.1) is 0 Å². The number of carbonyl (C=O) groups is 1. The van der Waals surface area contributed by atoms with E-state index in [2.05, 4.69) is 62.2 Å². The Morgan fingerprint density at radius 2 is 1.81 bits per heavy atom. The molecule has 2 N–H and O–H groups in total. The number of amides is 2. The summed E-state index contributed by atoms with van der Waals surface area (Å²) in [7, 11) is 0. The molecule has 1 fully saturated rings. The second kappa shape index (κ2) is 7.97. The molecule has 1 aromatic carbocycles. The van der Waals surface area contributed by atoms with Gasteiger partial charge in [0, 0.05) is 44.2 Å². The van der Waals surface area contributed by atoms with Crippen LogP contribution in [-0.4, -0.2) is 65.3 Å². The van der Waals surface area contributed by atoms with Crippen LogP contribution in [0.15, 0.2) is 24.3 Å². The lowest BCUT2D eigenvalue weighted by Crippen LogP contribution is -2.58. The second-order valence-electron chi connectivity index (χ2n) is 8.99. The van der Waals surface area contributed by atoms with E-state index < -0.39 is 5.60 Å². The van der Waals surface area contributed by atoms with Crippen molar-refractivity contribution in [1.29, 1.82) is 0 Å². The van der Waals surface area contributed by atoms with E-state index in [0.29, 0.717) is 26.2 Å². The van der Waals surface area contributed by atoms with Crippen molar-refractivity contribution in [3.63, 3.8) is 0 Å². The molecule has 1 atom stereocenters. The van der Waals surface area contributed by atoms with Gasteiger partial charge in [-0.3, -0.25) is 4.90 Å². The molecule has 2 rings (SSSR count). The number of piperazine rings is 1. The van der Waals surface area contributed by atoms with Gasteiger partial charge in [0.05, 0.1) is 5.60 Å². The fraction of sp³-hybridized carbons (Fsp3) is 0.667. The first-order valence-corrected chi connectivity index (χ1v) is 9.54. The predicted octanol–water partition coefficient (Wildman–Crippen LogP) is 2.76. The van der Waals surface area contributed by atoms with Crippen LogP contribution in [0.4, 0.5) is 4.79 Å². The van der Waals surface area contributed by atoms with E-state index >= 15 is 0 Å². The van der Waals surface area contributed by atoms with Crippen LogP contribution in [0.2, 0.25) is 0 Å². The SMILES string of the molecule is Cc1ccc(C(C)(C)CNC(=O)N2CCN(CC(C)(C)O)C(C)C2)cc1. The molecule has 1 aliphatic heterocycles. The Morgan fingerprint density at radius 3 is 2.35 bits per heavy atom. The van der Waals surface area contributed by atoms with Crippen molar-refractivity contribution in [2.75, 3.05) is 32.7 Å². The maximum atomic E-state index is 12.6. The molecule has 146 valence electrons. The zero-order chi connectivity index (χ0) is 19.5. The van der Waals surface area contributed by atoms with Crippen LogP contribution in [0.3, 0.4) is 0 Å². The fourth-order valence-electron chi connectivity index (χ4n) is 3.43. The van der Waals surface area contributed by atoms with Crippen molar-refractivity contribution >= 4 is 6.03 Å². The quantitative estimate of drug-likeness (QED) is 0.848. The molecule has 5 heteroatoms. The summed E-state index contributed by atoms with van der Waals surface area (Å²) in [5, 5.41) is 13.1. The monoisotopic (exact) mass is 361 g/mol. The van der Waals surface area contributed by atoms with E-state index in [1.165, 1.54) is 11.1 Å². The lowest BCUT2D eigenvalue weighted by atomic mass is 9.84. The number of nitrogens with zero attached hydrogens (tertiary/aromatic N) is 2. The van der Waals surface area contributed by atoms with E-state index in [0.717, 1.165) is 6.54 Å². The summed E-state index contributed by atoms with van der Waals surface area (Å²) in [6, 6.07) is 8.74. The van der Waals surface area contributed by atoms with Gasteiger partial charge in [0.2, 0.25) is 0 Å². The smallest absolute Gasteiger partial charge is 0.317 e. The zero-order valence-electron chi connectivity index (χ0n) is 17.2. The van der Waals surface area contributed by atoms with Crippen molar-refractivity contribution in [3.8, 4) is 0 Å². The summed E-state index contributed by atoms with van der Waals surface area (Å²) in [5.41, 5.74) is 1.65. The Morgan fingerprint density at radius 1 is 1.19 bits per heavy atom. The van der Waals surface area contributed by atoms with Crippen LogP contribution >= 0.6 is 0 Å². The zero-order valence-corrected chi connectivity index (χ0v) is 17.2. The lowest BCUT2D eigenvalue weighted by Gasteiger charge is -2.42. The van der Waals surface area contributed by atoms with Crippen molar-refractivity contribution in [3.05, 3.63) is 35.4 Å². The van der Waals surface area contributed by atoms with Gasteiger partial charge in [-0.25, -0.2) is 4.79 Å². The maximum absolute atomic E-state index is 12.6. The molecular weight excluding hydrogens is 326 g/mol. The largest absolute Gasteiger partial charge is 0.389 e. The van der Waals surface area contributed by atoms with Crippen LogP contribution in [0, 0.1) is 6.92 Å². The summed E-state index contributed by atoms with van der Waals surface area (Å²) in [5.74, 6) is 0. The van der Waals surface area contributed by atoms with E-state index in [9.17, 15) is 9.90 Å². The molecular formula is C21H35N3O2. The summed E-state index contributed by atoms with van der Waals surface area (Å²) >= 11 is 0. The Balaban J connectivity index is 1.87. The van der Waals surface area contributed by atoms with Gasteiger partial charge in [0.25, 0.3) is 0 Å². The van der Waals surface area contributed by atoms with Crippen molar-refractivity contribution in [1.82, 2.24) is 15.1 Å². The highest BCUT2D eigenvalue weighted by atomic mass is 16.3. The lowest BCUT2D eigenvalue weighted by molar-refractivity contribution is 0.00287. The molecule has 0 aliphatic carbocycles. The molecule has 1 saturated heterocycles. The molecule has 5 nitrogen and oxygen atoms in total. The van der Waals surface area contributed by atoms with Gasteiger partial charge in [0.15, 0.2) is 0 Å². The number of hydrogen-bond acceptors (Lipinski definition) is 3. The number of β-amino-alcohol motifs (C(OH)–C–C–N with tert-alkyl or cyclic N) is 1. The molecule has 1 unspecified atom stereocenters. The van der Waals surface area contributed by atoms with Crippen LogP contribution in [0.1, 0.15) is 45.7 Å². The maximum Gasteiger partial charge on any atom is 0.317 e. The summed E-state index contributed by atoms with van der Waals surface area (Å²) in [6.07, 6.45) is 0. The van der Waals surface area contributed by atoms with E-state index in [1.54, 1.807) is 0 Å². The molecule has 2 amide bonds. The standard InChI is InChI=1S/C21H35N3O2/c1-16-7-9-18(10-8-16)20(3,4)14-22-19(25)23-11-12-24(17(2)13-23)15-21(5,6)26/h7-10,17,26H,11-15H2,1-6H3,(H,22,25). The average molecular weight is 362 g/mol. The number of aryl methyl sites for hydroxylation is 1. The number of aliphatic hydroxyl groups is 1. The van der Waals surface area contributed by atoms with Crippen molar-refractivity contribution < 1.29 is 9.90 Å². The Labute approximate surface area is 158 Å². The first-order chi connectivity index (χ1) is 12.0.